The summed E-state index contributed by atoms with van der Waals surface area (Å²) in [6.45, 7) is 2.13. The van der Waals surface area contributed by atoms with Crippen molar-refractivity contribution in [3.63, 3.8) is 0 Å². The molecule has 1 saturated heterocycles. The molecule has 0 unspecified atom stereocenters. The van der Waals surface area contributed by atoms with E-state index in [1.165, 1.54) is 0 Å². The molecule has 1 aromatic carbocycles. The lowest BCUT2D eigenvalue weighted by atomic mass is 10.2. The molecule has 1 aromatic rings. The summed E-state index contributed by atoms with van der Waals surface area (Å²) in [6, 6.07) is 3.10. The smallest absolute Gasteiger partial charge is 0.225 e. The quantitative estimate of drug-likeness (QED) is 0.838. The van der Waals surface area contributed by atoms with E-state index in [2.05, 4.69) is 5.32 Å². The summed E-state index contributed by atoms with van der Waals surface area (Å²) in [5, 5.41) is 5.29. The molecule has 1 amide bonds. The number of halogens is 2. The summed E-state index contributed by atoms with van der Waals surface area (Å²) in [7, 11) is 0. The van der Waals surface area contributed by atoms with Crippen LogP contribution < -0.4 is 11.1 Å². The lowest BCUT2D eigenvalue weighted by Gasteiger charge is -2.25. The highest BCUT2D eigenvalue weighted by molar-refractivity contribution is 6.37. The first kappa shape index (κ1) is 15.4. The lowest BCUT2D eigenvalue weighted by molar-refractivity contribution is -0.181. The van der Waals surface area contributed by atoms with Crippen molar-refractivity contribution in [1.29, 1.82) is 0 Å². The molecule has 7 heteroatoms. The highest BCUT2D eigenvalue weighted by Crippen LogP contribution is 2.32. The van der Waals surface area contributed by atoms with Crippen LogP contribution in [-0.2, 0) is 9.63 Å². The van der Waals surface area contributed by atoms with E-state index >= 15 is 0 Å². The van der Waals surface area contributed by atoms with Gasteiger partial charge in [0.05, 0.1) is 23.0 Å². The summed E-state index contributed by atoms with van der Waals surface area (Å²) in [5.41, 5.74) is 6.55. The summed E-state index contributed by atoms with van der Waals surface area (Å²) in [6.07, 6.45) is 2.48. The minimum absolute atomic E-state index is 0.157. The minimum Gasteiger partial charge on any atom is -0.397 e. The molecule has 1 aliphatic heterocycles. The largest absolute Gasteiger partial charge is 0.397 e. The molecular weight excluding hydrogens is 301 g/mol. The summed E-state index contributed by atoms with van der Waals surface area (Å²) in [5.74, 6) is -0.157. The Morgan fingerprint density at radius 3 is 2.85 bits per heavy atom. The van der Waals surface area contributed by atoms with Gasteiger partial charge in [-0.05, 0) is 25.0 Å². The van der Waals surface area contributed by atoms with Gasteiger partial charge >= 0.3 is 0 Å². The van der Waals surface area contributed by atoms with E-state index in [0.717, 1.165) is 26.0 Å². The third-order valence-electron chi connectivity index (χ3n) is 3.01. The van der Waals surface area contributed by atoms with E-state index in [-0.39, 0.29) is 5.91 Å². The monoisotopic (exact) mass is 317 g/mol. The molecule has 1 fully saturated rings. The number of carbonyl (C=O) groups is 1. The van der Waals surface area contributed by atoms with Gasteiger partial charge in [0.15, 0.2) is 0 Å². The number of hydrogen-bond donors (Lipinski definition) is 2. The van der Waals surface area contributed by atoms with Gasteiger partial charge in [-0.15, -0.1) is 0 Å². The Morgan fingerprint density at radius 2 is 2.20 bits per heavy atom. The van der Waals surface area contributed by atoms with Gasteiger partial charge in [0, 0.05) is 24.5 Å². The molecule has 0 bridgehead atoms. The molecule has 0 aromatic heterocycles. The number of rotatable bonds is 4. The Bertz CT molecular complexity index is 467. The van der Waals surface area contributed by atoms with Crippen molar-refractivity contribution in [1.82, 2.24) is 5.06 Å². The zero-order valence-corrected chi connectivity index (χ0v) is 12.5. The second-order valence-corrected chi connectivity index (χ2v) is 5.46. The van der Waals surface area contributed by atoms with Crippen molar-refractivity contribution in [3.05, 3.63) is 22.2 Å². The summed E-state index contributed by atoms with van der Waals surface area (Å²) >= 11 is 11.8. The van der Waals surface area contributed by atoms with Crippen LogP contribution in [0.15, 0.2) is 12.1 Å². The molecule has 3 N–H and O–H groups in total. The predicted octanol–water partition coefficient (Wildman–Crippen LogP) is 2.93. The molecule has 110 valence electrons. The Hall–Kier alpha value is -1.01. The van der Waals surface area contributed by atoms with Crippen molar-refractivity contribution >= 4 is 40.5 Å². The van der Waals surface area contributed by atoms with E-state index < -0.39 is 0 Å². The fraction of sp³-hybridized carbons (Fsp3) is 0.462. The highest BCUT2D eigenvalue weighted by atomic mass is 35.5. The fourth-order valence-electron chi connectivity index (χ4n) is 1.98. The average molecular weight is 318 g/mol. The minimum atomic E-state index is -0.157. The topological polar surface area (TPSA) is 67.6 Å². The van der Waals surface area contributed by atoms with Crippen molar-refractivity contribution in [2.75, 3.05) is 30.7 Å². The van der Waals surface area contributed by atoms with Crippen LogP contribution in [0.1, 0.15) is 19.3 Å². The Morgan fingerprint density at radius 1 is 1.40 bits per heavy atom. The molecule has 0 saturated carbocycles. The summed E-state index contributed by atoms with van der Waals surface area (Å²) < 4.78 is 0. The Kier molecular flexibility index (Phi) is 5.48. The Balaban J connectivity index is 1.88. The van der Waals surface area contributed by atoms with Gasteiger partial charge < -0.3 is 11.1 Å². The van der Waals surface area contributed by atoms with Gasteiger partial charge in [0.25, 0.3) is 0 Å². The van der Waals surface area contributed by atoms with E-state index in [9.17, 15) is 4.79 Å². The maximum absolute atomic E-state index is 11.9. The molecular formula is C13H17Cl2N3O2. The van der Waals surface area contributed by atoms with Crippen molar-refractivity contribution in [2.24, 2.45) is 0 Å². The van der Waals surface area contributed by atoms with Gasteiger partial charge in [0.2, 0.25) is 5.91 Å². The number of nitrogen functional groups attached to an aromatic ring is 1. The van der Waals surface area contributed by atoms with Crippen LogP contribution in [-0.4, -0.2) is 30.7 Å². The number of hydroxylamine groups is 2. The van der Waals surface area contributed by atoms with Crippen molar-refractivity contribution in [2.45, 2.75) is 19.3 Å². The van der Waals surface area contributed by atoms with Crippen LogP contribution in [0.4, 0.5) is 11.4 Å². The molecule has 0 aliphatic carbocycles. The zero-order valence-electron chi connectivity index (χ0n) is 11.0. The molecule has 0 atom stereocenters. The average Bonchev–Trinajstić information content (AvgIpc) is 2.42. The van der Waals surface area contributed by atoms with Gasteiger partial charge in [-0.25, -0.2) is 0 Å². The third kappa shape index (κ3) is 4.24. The predicted molar refractivity (Wildman–Crippen MR) is 80.9 cm³/mol. The van der Waals surface area contributed by atoms with Crippen molar-refractivity contribution < 1.29 is 9.63 Å². The molecule has 0 spiro atoms. The Labute approximate surface area is 127 Å². The highest BCUT2D eigenvalue weighted by Gasteiger charge is 2.14. The maximum atomic E-state index is 11.9. The molecule has 0 radical (unpaired) electrons. The molecule has 2 rings (SSSR count). The second-order valence-electron chi connectivity index (χ2n) is 4.62. The molecule has 1 heterocycles. The molecule has 1 aliphatic rings. The van der Waals surface area contributed by atoms with Gasteiger partial charge in [-0.3, -0.25) is 9.63 Å². The van der Waals surface area contributed by atoms with E-state index in [1.807, 2.05) is 5.06 Å². The number of amides is 1. The van der Waals surface area contributed by atoms with Gasteiger partial charge in [0.1, 0.15) is 0 Å². The first-order chi connectivity index (χ1) is 9.56. The lowest BCUT2D eigenvalue weighted by Crippen LogP contribution is -2.32. The van der Waals surface area contributed by atoms with Crippen LogP contribution in [0.3, 0.4) is 0 Å². The van der Waals surface area contributed by atoms with Gasteiger partial charge in [-0.1, -0.05) is 23.2 Å². The number of benzene rings is 1. The van der Waals surface area contributed by atoms with Crippen LogP contribution in [0.25, 0.3) is 0 Å². The van der Waals surface area contributed by atoms with Crippen molar-refractivity contribution in [3.8, 4) is 0 Å². The number of nitrogens with zero attached hydrogens (tertiary/aromatic N) is 1. The summed E-state index contributed by atoms with van der Waals surface area (Å²) in [4.78, 5) is 17.3. The van der Waals surface area contributed by atoms with Crippen LogP contribution >= 0.6 is 23.2 Å². The number of carbonyl (C=O) groups excluding carboxylic acids is 1. The number of hydrogen-bond acceptors (Lipinski definition) is 4. The number of nitrogens with one attached hydrogen (secondary N) is 1. The van der Waals surface area contributed by atoms with Crippen LogP contribution in [0, 0.1) is 0 Å². The second kappa shape index (κ2) is 7.13. The van der Waals surface area contributed by atoms with E-state index in [1.54, 1.807) is 12.1 Å². The van der Waals surface area contributed by atoms with E-state index in [0.29, 0.717) is 34.4 Å². The first-order valence-corrected chi connectivity index (χ1v) is 7.24. The number of nitrogens with two attached hydrogens (primary N) is 1. The first-order valence-electron chi connectivity index (χ1n) is 6.48. The number of anilines is 2. The molecule has 20 heavy (non-hydrogen) atoms. The third-order valence-corrected chi connectivity index (χ3v) is 3.53. The van der Waals surface area contributed by atoms with Crippen LogP contribution in [0.5, 0.6) is 0 Å². The standard InChI is InChI=1S/C13H17Cl2N3O2/c14-9-7-10(15)13(11(16)8-9)17-12(19)3-5-18-4-1-2-6-20-18/h7-8H,1-6,16H2,(H,17,19). The van der Waals surface area contributed by atoms with Gasteiger partial charge in [-0.2, -0.15) is 5.06 Å². The normalized spacial score (nSPS) is 16.1. The van der Waals surface area contributed by atoms with E-state index in [4.69, 9.17) is 33.8 Å². The van der Waals surface area contributed by atoms with Crippen LogP contribution in [0.2, 0.25) is 10.0 Å². The fourth-order valence-corrected chi connectivity index (χ4v) is 2.53. The maximum Gasteiger partial charge on any atom is 0.225 e. The SMILES string of the molecule is Nc1cc(Cl)cc(Cl)c1NC(=O)CCN1CCCCO1. The molecule has 5 nitrogen and oxygen atoms in total. The zero-order chi connectivity index (χ0) is 14.5.